The van der Waals surface area contributed by atoms with Crippen molar-refractivity contribution in [2.75, 3.05) is 10.6 Å². The number of rotatable bonds is 3. The highest BCUT2D eigenvalue weighted by Crippen LogP contribution is 2.28. The second-order valence-corrected chi connectivity index (χ2v) is 6.54. The minimum absolute atomic E-state index is 0.162. The van der Waals surface area contributed by atoms with E-state index in [4.69, 9.17) is 0 Å². The van der Waals surface area contributed by atoms with E-state index in [9.17, 15) is 9.59 Å². The molecule has 0 atom stereocenters. The highest BCUT2D eigenvalue weighted by Gasteiger charge is 2.17. The summed E-state index contributed by atoms with van der Waals surface area (Å²) in [4.78, 5) is 28.0. The Balaban J connectivity index is 1.87. The van der Waals surface area contributed by atoms with Gasteiger partial charge in [-0.25, -0.2) is 4.98 Å². The lowest BCUT2D eigenvalue weighted by atomic mass is 10.2. The monoisotopic (exact) mass is 343 g/mol. The zero-order valence-electron chi connectivity index (χ0n) is 13.8. The predicted octanol–water partition coefficient (Wildman–Crippen LogP) is 2.86. The number of aryl methyl sites for hydroxylation is 2. The van der Waals surface area contributed by atoms with E-state index in [2.05, 4.69) is 20.7 Å². The van der Waals surface area contributed by atoms with E-state index in [1.165, 1.54) is 18.3 Å². The van der Waals surface area contributed by atoms with E-state index >= 15 is 0 Å². The Morgan fingerprint density at radius 2 is 1.96 bits per heavy atom. The fraction of sp³-hybridized carbons (Fsp3) is 0.250. The van der Waals surface area contributed by atoms with E-state index in [1.807, 2.05) is 33.0 Å². The van der Waals surface area contributed by atoms with Crippen LogP contribution < -0.4 is 10.6 Å². The molecule has 0 spiro atoms. The molecule has 1 aromatic carbocycles. The number of amides is 2. The third-order valence-corrected chi connectivity index (χ3v) is 4.60. The topological polar surface area (TPSA) is 88.9 Å². The van der Waals surface area contributed by atoms with Crippen molar-refractivity contribution in [3.05, 3.63) is 35.2 Å². The third-order valence-electron chi connectivity index (χ3n) is 3.67. The highest BCUT2D eigenvalue weighted by atomic mass is 32.1. The Labute approximate surface area is 142 Å². The van der Waals surface area contributed by atoms with Gasteiger partial charge in [0.1, 0.15) is 0 Å². The summed E-state index contributed by atoms with van der Waals surface area (Å²) in [7, 11) is 1.81. The SMILES string of the molecule is CC(=O)Nc1nc2ccc(NC(=O)c3c(C)nn(C)c3C)cc2s1. The zero-order valence-corrected chi connectivity index (χ0v) is 14.6. The fourth-order valence-corrected chi connectivity index (χ4v) is 3.45. The Hall–Kier alpha value is -2.74. The summed E-state index contributed by atoms with van der Waals surface area (Å²) < 4.78 is 2.58. The van der Waals surface area contributed by atoms with Gasteiger partial charge in [0.2, 0.25) is 5.91 Å². The molecule has 7 nitrogen and oxygen atoms in total. The predicted molar refractivity (Wildman–Crippen MR) is 94.6 cm³/mol. The van der Waals surface area contributed by atoms with Crippen molar-refractivity contribution in [2.24, 2.45) is 7.05 Å². The van der Waals surface area contributed by atoms with Gasteiger partial charge in [0.15, 0.2) is 5.13 Å². The van der Waals surface area contributed by atoms with E-state index in [1.54, 1.807) is 10.7 Å². The summed E-state index contributed by atoms with van der Waals surface area (Å²) in [6.45, 7) is 5.12. The minimum Gasteiger partial charge on any atom is -0.322 e. The zero-order chi connectivity index (χ0) is 17.4. The molecule has 2 aromatic heterocycles. The van der Waals surface area contributed by atoms with Gasteiger partial charge in [-0.1, -0.05) is 11.3 Å². The van der Waals surface area contributed by atoms with Crippen LogP contribution in [0.25, 0.3) is 10.2 Å². The summed E-state index contributed by atoms with van der Waals surface area (Å²) in [5, 5.41) is 10.4. The number of fused-ring (bicyclic) bond motifs is 1. The van der Waals surface area contributed by atoms with E-state index in [0.29, 0.717) is 22.1 Å². The lowest BCUT2D eigenvalue weighted by molar-refractivity contribution is -0.114. The maximum Gasteiger partial charge on any atom is 0.259 e. The Morgan fingerprint density at radius 3 is 2.58 bits per heavy atom. The molecule has 0 aliphatic rings. The van der Waals surface area contributed by atoms with Crippen LogP contribution in [0.3, 0.4) is 0 Å². The molecular formula is C16H17N5O2S. The number of hydrogen-bond acceptors (Lipinski definition) is 5. The molecule has 0 radical (unpaired) electrons. The van der Waals surface area contributed by atoms with Crippen molar-refractivity contribution in [1.29, 1.82) is 0 Å². The molecule has 0 bridgehead atoms. The summed E-state index contributed by atoms with van der Waals surface area (Å²) in [6, 6.07) is 5.45. The fourth-order valence-electron chi connectivity index (χ4n) is 2.50. The first-order valence-corrected chi connectivity index (χ1v) is 8.16. The van der Waals surface area contributed by atoms with Gasteiger partial charge in [-0.2, -0.15) is 5.10 Å². The van der Waals surface area contributed by atoms with Crippen molar-refractivity contribution in [3.8, 4) is 0 Å². The number of nitrogens with one attached hydrogen (secondary N) is 2. The van der Waals surface area contributed by atoms with Crippen LogP contribution in [0.4, 0.5) is 10.8 Å². The van der Waals surface area contributed by atoms with E-state index in [0.717, 1.165) is 15.9 Å². The van der Waals surface area contributed by atoms with Gasteiger partial charge in [0.05, 0.1) is 21.5 Å². The molecule has 2 N–H and O–H groups in total. The number of hydrogen-bond donors (Lipinski definition) is 2. The second kappa shape index (κ2) is 6.04. The van der Waals surface area contributed by atoms with Crippen LogP contribution >= 0.6 is 11.3 Å². The minimum atomic E-state index is -0.191. The standard InChI is InChI=1S/C16H17N5O2S/c1-8-14(9(2)21(4)20-8)15(23)18-11-5-6-12-13(7-11)24-16(19-12)17-10(3)22/h5-7H,1-4H3,(H,18,23)(H,17,19,22). The molecule has 8 heteroatoms. The van der Waals surface area contributed by atoms with Crippen molar-refractivity contribution in [1.82, 2.24) is 14.8 Å². The third kappa shape index (κ3) is 3.00. The van der Waals surface area contributed by atoms with Crippen molar-refractivity contribution in [2.45, 2.75) is 20.8 Å². The lowest BCUT2D eigenvalue weighted by Gasteiger charge is -2.05. The molecule has 2 amide bonds. The van der Waals surface area contributed by atoms with Crippen LogP contribution in [0.5, 0.6) is 0 Å². The summed E-state index contributed by atoms with van der Waals surface area (Å²) in [6.07, 6.45) is 0. The van der Waals surface area contributed by atoms with Crippen LogP contribution in [-0.2, 0) is 11.8 Å². The smallest absolute Gasteiger partial charge is 0.259 e. The number of nitrogens with zero attached hydrogens (tertiary/aromatic N) is 3. The maximum absolute atomic E-state index is 12.5. The molecule has 0 fully saturated rings. The molecule has 0 aliphatic heterocycles. The molecule has 3 aromatic rings. The molecule has 0 unspecified atom stereocenters. The first kappa shape index (κ1) is 16.1. The molecule has 0 saturated heterocycles. The van der Waals surface area contributed by atoms with Gasteiger partial charge < -0.3 is 10.6 Å². The number of aromatic nitrogens is 3. The van der Waals surface area contributed by atoms with Gasteiger partial charge >= 0.3 is 0 Å². The van der Waals surface area contributed by atoms with Crippen LogP contribution in [0.1, 0.15) is 28.7 Å². The Bertz CT molecular complexity index is 957. The van der Waals surface area contributed by atoms with Crippen LogP contribution in [0, 0.1) is 13.8 Å². The number of anilines is 2. The normalized spacial score (nSPS) is 10.8. The molecular weight excluding hydrogens is 326 g/mol. The molecule has 3 rings (SSSR count). The van der Waals surface area contributed by atoms with Crippen LogP contribution in [0.2, 0.25) is 0 Å². The first-order chi connectivity index (χ1) is 11.3. The summed E-state index contributed by atoms with van der Waals surface area (Å²) in [5.41, 5.74) is 3.54. The average Bonchev–Trinajstić information content (AvgIpc) is 2.98. The van der Waals surface area contributed by atoms with Crippen LogP contribution in [-0.4, -0.2) is 26.6 Å². The first-order valence-electron chi connectivity index (χ1n) is 7.35. The summed E-state index contributed by atoms with van der Waals surface area (Å²) in [5.74, 6) is -0.353. The van der Waals surface area contributed by atoms with Gasteiger partial charge in [-0.05, 0) is 32.0 Å². The molecule has 124 valence electrons. The van der Waals surface area contributed by atoms with Gasteiger partial charge in [-0.3, -0.25) is 14.3 Å². The van der Waals surface area contributed by atoms with E-state index in [-0.39, 0.29) is 11.8 Å². The Kier molecular flexibility index (Phi) is 4.06. The average molecular weight is 343 g/mol. The second-order valence-electron chi connectivity index (χ2n) is 5.51. The molecule has 0 saturated carbocycles. The maximum atomic E-state index is 12.5. The van der Waals surface area contributed by atoms with Crippen LogP contribution in [0.15, 0.2) is 18.2 Å². The molecule has 24 heavy (non-hydrogen) atoms. The van der Waals surface area contributed by atoms with Crippen molar-refractivity contribution >= 4 is 44.2 Å². The van der Waals surface area contributed by atoms with E-state index < -0.39 is 0 Å². The molecule has 0 aliphatic carbocycles. The Morgan fingerprint density at radius 1 is 1.21 bits per heavy atom. The number of benzene rings is 1. The quantitative estimate of drug-likeness (QED) is 0.765. The van der Waals surface area contributed by atoms with Gasteiger partial charge in [0.25, 0.3) is 5.91 Å². The van der Waals surface area contributed by atoms with Gasteiger partial charge in [-0.15, -0.1) is 0 Å². The van der Waals surface area contributed by atoms with Gasteiger partial charge in [0, 0.05) is 25.4 Å². The largest absolute Gasteiger partial charge is 0.322 e. The highest BCUT2D eigenvalue weighted by molar-refractivity contribution is 7.22. The van der Waals surface area contributed by atoms with Crippen molar-refractivity contribution < 1.29 is 9.59 Å². The molecule has 2 heterocycles. The number of carbonyl (C=O) groups excluding carboxylic acids is 2. The number of thiazole rings is 1. The lowest BCUT2D eigenvalue weighted by Crippen LogP contribution is -2.14. The number of carbonyl (C=O) groups is 2. The van der Waals surface area contributed by atoms with Crippen molar-refractivity contribution in [3.63, 3.8) is 0 Å². The summed E-state index contributed by atoms with van der Waals surface area (Å²) >= 11 is 1.36.